The van der Waals surface area contributed by atoms with Crippen molar-refractivity contribution in [1.29, 1.82) is 0 Å². The van der Waals surface area contributed by atoms with Crippen LogP contribution in [0.3, 0.4) is 0 Å². The molecule has 1 aromatic carbocycles. The fourth-order valence-corrected chi connectivity index (χ4v) is 5.30. The second-order valence-electron chi connectivity index (χ2n) is 9.75. The van der Waals surface area contributed by atoms with Gasteiger partial charge >= 0.3 is 10.2 Å². The van der Waals surface area contributed by atoms with Crippen molar-refractivity contribution in [2.24, 2.45) is 0 Å². The molecule has 3 rings (SSSR count). The third-order valence-electron chi connectivity index (χ3n) is 5.27. The number of carbonyl (C=O) groups excluding carboxylic acids is 1. The third kappa shape index (κ3) is 5.26. The number of imidazole rings is 1. The minimum absolute atomic E-state index is 0.0394. The standard InChI is InChI=1S/C22H33N5O4SSi/c1-16(2)22-23-14-19(27(22)32(29,30)25(3)4)21(28)20-17-10-8-9-11-18(17)26(24-20)15-31-12-13-33(5,6)7/h8-11,14,16H,12-13,15H2,1-7H3. The van der Waals surface area contributed by atoms with Crippen LogP contribution < -0.4 is 0 Å². The SMILES string of the molecule is CC(C)c1ncc(C(=O)c2nn(COCC[Si](C)(C)C)c3ccccc23)n1S(=O)(=O)N(C)C. The minimum atomic E-state index is -3.96. The van der Waals surface area contributed by atoms with Crippen LogP contribution >= 0.6 is 0 Å². The van der Waals surface area contributed by atoms with Crippen LogP contribution in [0.4, 0.5) is 0 Å². The fraction of sp³-hybridized carbons (Fsp3) is 0.500. The monoisotopic (exact) mass is 491 g/mol. The van der Waals surface area contributed by atoms with Gasteiger partial charge in [0, 0.05) is 40.1 Å². The minimum Gasteiger partial charge on any atom is -0.360 e. The van der Waals surface area contributed by atoms with Gasteiger partial charge in [-0.15, -0.1) is 0 Å². The second-order valence-corrected chi connectivity index (χ2v) is 17.4. The Morgan fingerprint density at radius 2 is 1.85 bits per heavy atom. The highest BCUT2D eigenvalue weighted by Crippen LogP contribution is 2.25. The molecule has 0 spiro atoms. The van der Waals surface area contributed by atoms with Gasteiger partial charge in [-0.05, 0) is 12.1 Å². The number of rotatable bonds is 10. The summed E-state index contributed by atoms with van der Waals surface area (Å²) in [6, 6.07) is 8.39. The lowest BCUT2D eigenvalue weighted by Crippen LogP contribution is -2.32. The van der Waals surface area contributed by atoms with Crippen LogP contribution in [-0.4, -0.2) is 66.0 Å². The molecule has 0 radical (unpaired) electrons. The normalized spacial score (nSPS) is 12.9. The van der Waals surface area contributed by atoms with Crippen molar-refractivity contribution in [2.75, 3.05) is 20.7 Å². The van der Waals surface area contributed by atoms with Gasteiger partial charge in [0.1, 0.15) is 23.9 Å². The lowest BCUT2D eigenvalue weighted by atomic mass is 10.1. The van der Waals surface area contributed by atoms with Crippen molar-refractivity contribution in [2.45, 2.75) is 52.2 Å². The van der Waals surface area contributed by atoms with E-state index >= 15 is 0 Å². The Morgan fingerprint density at radius 1 is 1.18 bits per heavy atom. The van der Waals surface area contributed by atoms with Gasteiger partial charge < -0.3 is 4.74 Å². The summed E-state index contributed by atoms with van der Waals surface area (Å²) in [5, 5.41) is 5.16. The molecule has 3 aromatic rings. The molecule has 0 amide bonds. The largest absolute Gasteiger partial charge is 0.360 e. The summed E-state index contributed by atoms with van der Waals surface area (Å²) in [6.45, 7) is 11.4. The van der Waals surface area contributed by atoms with E-state index in [0.29, 0.717) is 17.8 Å². The van der Waals surface area contributed by atoms with Crippen LogP contribution in [0.25, 0.3) is 10.9 Å². The molecule has 0 N–H and O–H groups in total. The highest BCUT2D eigenvalue weighted by atomic mass is 32.2. The van der Waals surface area contributed by atoms with E-state index in [1.807, 2.05) is 32.0 Å². The number of para-hydroxylation sites is 1. The van der Waals surface area contributed by atoms with Crippen LogP contribution in [0.1, 0.15) is 41.8 Å². The average Bonchev–Trinajstić information content (AvgIpc) is 3.33. The molecule has 2 aromatic heterocycles. The lowest BCUT2D eigenvalue weighted by molar-refractivity contribution is 0.0809. The Kier molecular flexibility index (Phi) is 7.27. The first-order valence-electron chi connectivity index (χ1n) is 10.9. The summed E-state index contributed by atoms with van der Waals surface area (Å²) in [4.78, 5) is 17.9. The smallest absolute Gasteiger partial charge is 0.309 e. The van der Waals surface area contributed by atoms with Crippen molar-refractivity contribution >= 4 is 35.0 Å². The summed E-state index contributed by atoms with van der Waals surface area (Å²) >= 11 is 0. The van der Waals surface area contributed by atoms with E-state index in [-0.39, 0.29) is 24.0 Å². The summed E-state index contributed by atoms with van der Waals surface area (Å²) in [6.07, 6.45) is 1.32. The Hall–Kier alpha value is -2.34. The Bertz CT molecular complexity index is 1260. The summed E-state index contributed by atoms with van der Waals surface area (Å²) in [7, 11) is -2.33. The zero-order valence-electron chi connectivity index (χ0n) is 20.4. The van der Waals surface area contributed by atoms with Gasteiger partial charge in [0.15, 0.2) is 0 Å². The summed E-state index contributed by atoms with van der Waals surface area (Å²) in [5.74, 6) is -0.405. The number of nitrogens with zero attached hydrogens (tertiary/aromatic N) is 5. The van der Waals surface area contributed by atoms with Crippen molar-refractivity contribution in [1.82, 2.24) is 23.0 Å². The van der Waals surface area contributed by atoms with E-state index in [1.165, 1.54) is 20.3 Å². The Morgan fingerprint density at radius 3 is 2.45 bits per heavy atom. The quantitative estimate of drug-likeness (QED) is 0.244. The van der Waals surface area contributed by atoms with Crippen LogP contribution in [0.2, 0.25) is 25.7 Å². The van der Waals surface area contributed by atoms with E-state index in [0.717, 1.165) is 19.8 Å². The van der Waals surface area contributed by atoms with Crippen LogP contribution in [-0.2, 0) is 21.7 Å². The number of carbonyl (C=O) groups is 1. The first-order chi connectivity index (χ1) is 15.3. The Balaban J connectivity index is 2.04. The number of ether oxygens (including phenoxy) is 1. The third-order valence-corrected chi connectivity index (χ3v) is 8.74. The number of benzene rings is 1. The molecule has 2 heterocycles. The van der Waals surface area contributed by atoms with Crippen molar-refractivity contribution in [3.8, 4) is 0 Å². The van der Waals surface area contributed by atoms with E-state index in [2.05, 4.69) is 29.7 Å². The highest BCUT2D eigenvalue weighted by Gasteiger charge is 2.31. The van der Waals surface area contributed by atoms with Gasteiger partial charge in [-0.25, -0.2) is 13.6 Å². The number of hydrogen-bond donors (Lipinski definition) is 0. The van der Waals surface area contributed by atoms with Gasteiger partial charge in [0.25, 0.3) is 0 Å². The molecule has 0 saturated carbocycles. The first kappa shape index (κ1) is 25.3. The van der Waals surface area contributed by atoms with E-state index < -0.39 is 24.1 Å². The maximum absolute atomic E-state index is 13.6. The summed E-state index contributed by atoms with van der Waals surface area (Å²) < 4.78 is 35.7. The number of fused-ring (bicyclic) bond motifs is 1. The molecule has 0 aliphatic carbocycles. The molecule has 0 aliphatic rings. The van der Waals surface area contributed by atoms with Crippen LogP contribution in [0.15, 0.2) is 30.5 Å². The number of hydrogen-bond acceptors (Lipinski definition) is 6. The zero-order valence-corrected chi connectivity index (χ0v) is 22.2. The molecule has 0 atom stereocenters. The molecule has 0 saturated heterocycles. The van der Waals surface area contributed by atoms with Gasteiger partial charge in [-0.2, -0.15) is 17.8 Å². The van der Waals surface area contributed by atoms with E-state index in [4.69, 9.17) is 4.74 Å². The maximum atomic E-state index is 13.6. The highest BCUT2D eigenvalue weighted by molar-refractivity contribution is 7.87. The van der Waals surface area contributed by atoms with Gasteiger partial charge in [-0.3, -0.25) is 4.79 Å². The second kappa shape index (κ2) is 9.49. The number of aromatic nitrogens is 4. The van der Waals surface area contributed by atoms with Crippen LogP contribution in [0.5, 0.6) is 0 Å². The molecule has 33 heavy (non-hydrogen) atoms. The molecule has 0 unspecified atom stereocenters. The van der Waals surface area contributed by atoms with Crippen molar-refractivity contribution < 1.29 is 17.9 Å². The van der Waals surface area contributed by atoms with E-state index in [1.54, 1.807) is 10.7 Å². The predicted molar refractivity (Wildman–Crippen MR) is 132 cm³/mol. The molecular weight excluding hydrogens is 458 g/mol. The molecule has 0 bridgehead atoms. The average molecular weight is 492 g/mol. The topological polar surface area (TPSA) is 99.3 Å². The van der Waals surface area contributed by atoms with Crippen molar-refractivity contribution in [3.63, 3.8) is 0 Å². The van der Waals surface area contributed by atoms with Gasteiger partial charge in [0.2, 0.25) is 5.78 Å². The molecule has 11 heteroatoms. The Labute approximate surface area is 196 Å². The fourth-order valence-electron chi connectivity index (χ4n) is 3.34. The van der Waals surface area contributed by atoms with Gasteiger partial charge in [-0.1, -0.05) is 51.7 Å². The maximum Gasteiger partial charge on any atom is 0.309 e. The predicted octanol–water partition coefficient (Wildman–Crippen LogP) is 3.55. The van der Waals surface area contributed by atoms with E-state index in [9.17, 15) is 13.2 Å². The lowest BCUT2D eigenvalue weighted by Gasteiger charge is -2.17. The first-order valence-corrected chi connectivity index (χ1v) is 16.0. The summed E-state index contributed by atoms with van der Waals surface area (Å²) in [5.41, 5.74) is 0.881. The van der Waals surface area contributed by atoms with Crippen molar-refractivity contribution in [3.05, 3.63) is 47.7 Å². The zero-order chi connectivity index (χ0) is 24.6. The molecule has 9 nitrogen and oxygen atoms in total. The molecule has 0 aliphatic heterocycles. The molecule has 180 valence electrons. The van der Waals surface area contributed by atoms with Gasteiger partial charge in [0.05, 0.1) is 11.7 Å². The number of ketones is 1. The molecular formula is C22H33N5O4SSi. The molecule has 0 fully saturated rings. The van der Waals surface area contributed by atoms with Crippen LogP contribution in [0, 0.1) is 0 Å².